The first kappa shape index (κ1) is 14.5. The van der Waals surface area contributed by atoms with Crippen molar-refractivity contribution in [3.05, 3.63) is 17.5 Å². The quantitative estimate of drug-likeness (QED) is 0.870. The van der Waals surface area contributed by atoms with Gasteiger partial charge in [0, 0.05) is 31.7 Å². The molecule has 2 rings (SSSR count). The largest absolute Gasteiger partial charge is 0.360 e. The van der Waals surface area contributed by atoms with Crippen LogP contribution in [0.3, 0.4) is 0 Å². The molecule has 1 atom stereocenters. The lowest BCUT2D eigenvalue weighted by Gasteiger charge is -2.26. The van der Waals surface area contributed by atoms with Crippen molar-refractivity contribution in [2.45, 2.75) is 39.4 Å². The first-order valence-corrected chi connectivity index (χ1v) is 7.26. The Balaban J connectivity index is 1.90. The highest BCUT2D eigenvalue weighted by molar-refractivity contribution is 5.05. The smallest absolute Gasteiger partial charge is 0.151 e. The molecule has 1 aromatic rings. The summed E-state index contributed by atoms with van der Waals surface area (Å²) in [5, 5.41) is 7.37. The van der Waals surface area contributed by atoms with Crippen LogP contribution < -0.4 is 5.32 Å². The number of hydrogen-bond donors (Lipinski definition) is 1. The molecule has 2 heterocycles. The van der Waals surface area contributed by atoms with Gasteiger partial charge >= 0.3 is 0 Å². The maximum atomic E-state index is 5.44. The molecular weight excluding hydrogens is 240 g/mol. The maximum absolute atomic E-state index is 5.44. The van der Waals surface area contributed by atoms with E-state index in [1.54, 1.807) is 0 Å². The Morgan fingerprint density at radius 3 is 3.11 bits per heavy atom. The summed E-state index contributed by atoms with van der Waals surface area (Å²) in [5.74, 6) is 0.976. The Bertz CT molecular complexity index is 379. The van der Waals surface area contributed by atoms with Gasteiger partial charge in [-0.15, -0.1) is 0 Å². The monoisotopic (exact) mass is 266 g/mol. The van der Waals surface area contributed by atoms with Crippen LogP contribution in [-0.2, 0) is 13.1 Å². The SMILES string of the molecule is CCNCc1cc(CN2CCCN(C)CC2C)on1. The minimum atomic E-state index is 0.565. The standard InChI is InChI=1S/C14H26N4O/c1-4-15-9-13-8-14(19-16-13)11-18-7-5-6-17(3)10-12(18)2/h8,12,15H,4-7,9-11H2,1-3H3. The van der Waals surface area contributed by atoms with Gasteiger partial charge in [-0.25, -0.2) is 0 Å². The van der Waals surface area contributed by atoms with Crippen molar-refractivity contribution in [2.75, 3.05) is 33.2 Å². The molecule has 1 saturated heterocycles. The molecule has 5 heteroatoms. The van der Waals surface area contributed by atoms with Crippen LogP contribution in [0.2, 0.25) is 0 Å². The predicted octanol–water partition coefficient (Wildman–Crippen LogP) is 1.31. The van der Waals surface area contributed by atoms with E-state index in [1.807, 2.05) is 0 Å². The molecule has 1 aliphatic heterocycles. The van der Waals surface area contributed by atoms with Crippen molar-refractivity contribution in [1.29, 1.82) is 0 Å². The zero-order valence-electron chi connectivity index (χ0n) is 12.4. The van der Waals surface area contributed by atoms with Crippen LogP contribution in [0.15, 0.2) is 10.6 Å². The molecule has 0 bridgehead atoms. The van der Waals surface area contributed by atoms with Gasteiger partial charge in [0.05, 0.1) is 12.2 Å². The molecule has 108 valence electrons. The fourth-order valence-corrected chi connectivity index (χ4v) is 2.62. The van der Waals surface area contributed by atoms with E-state index in [2.05, 4.69) is 47.2 Å². The highest BCUT2D eigenvalue weighted by atomic mass is 16.5. The number of hydrogen-bond acceptors (Lipinski definition) is 5. The zero-order chi connectivity index (χ0) is 13.7. The average Bonchev–Trinajstić information content (AvgIpc) is 2.76. The number of rotatable bonds is 5. The number of nitrogens with zero attached hydrogens (tertiary/aromatic N) is 3. The van der Waals surface area contributed by atoms with E-state index >= 15 is 0 Å². The molecule has 1 aromatic heterocycles. The Morgan fingerprint density at radius 2 is 2.32 bits per heavy atom. The van der Waals surface area contributed by atoms with Gasteiger partial charge in [-0.05, 0) is 33.5 Å². The van der Waals surface area contributed by atoms with E-state index in [9.17, 15) is 0 Å². The summed E-state index contributed by atoms with van der Waals surface area (Å²) in [6.07, 6.45) is 1.22. The third-order valence-corrected chi connectivity index (χ3v) is 3.71. The molecule has 0 saturated carbocycles. The van der Waals surface area contributed by atoms with Crippen LogP contribution in [0.4, 0.5) is 0 Å². The molecule has 0 aromatic carbocycles. The van der Waals surface area contributed by atoms with Gasteiger partial charge in [-0.1, -0.05) is 12.1 Å². The Morgan fingerprint density at radius 1 is 1.47 bits per heavy atom. The summed E-state index contributed by atoms with van der Waals surface area (Å²) in [6, 6.07) is 2.64. The van der Waals surface area contributed by atoms with Gasteiger partial charge in [-0.3, -0.25) is 4.90 Å². The third kappa shape index (κ3) is 4.30. The van der Waals surface area contributed by atoms with Gasteiger partial charge < -0.3 is 14.7 Å². The van der Waals surface area contributed by atoms with Crippen LogP contribution in [0.25, 0.3) is 0 Å². The molecule has 1 fully saturated rings. The van der Waals surface area contributed by atoms with Crippen LogP contribution >= 0.6 is 0 Å². The minimum absolute atomic E-state index is 0.565. The topological polar surface area (TPSA) is 44.5 Å². The van der Waals surface area contributed by atoms with Crippen LogP contribution in [0, 0.1) is 0 Å². The average molecular weight is 266 g/mol. The van der Waals surface area contributed by atoms with Crippen molar-refractivity contribution in [2.24, 2.45) is 0 Å². The molecule has 19 heavy (non-hydrogen) atoms. The second-order valence-corrected chi connectivity index (χ2v) is 5.50. The molecule has 5 nitrogen and oxygen atoms in total. The summed E-state index contributed by atoms with van der Waals surface area (Å²) in [4.78, 5) is 4.89. The maximum Gasteiger partial charge on any atom is 0.151 e. The molecule has 0 radical (unpaired) electrons. The number of nitrogens with one attached hydrogen (secondary N) is 1. The molecule has 1 aliphatic rings. The highest BCUT2D eigenvalue weighted by Crippen LogP contribution is 2.14. The van der Waals surface area contributed by atoms with Crippen LogP contribution in [0.5, 0.6) is 0 Å². The number of aromatic nitrogens is 1. The fourth-order valence-electron chi connectivity index (χ4n) is 2.62. The van der Waals surface area contributed by atoms with Crippen LogP contribution in [-0.4, -0.2) is 54.2 Å². The first-order chi connectivity index (χ1) is 9.19. The molecule has 0 spiro atoms. The van der Waals surface area contributed by atoms with Crippen molar-refractivity contribution in [3.63, 3.8) is 0 Å². The van der Waals surface area contributed by atoms with Gasteiger partial charge in [0.2, 0.25) is 0 Å². The van der Waals surface area contributed by atoms with E-state index in [0.29, 0.717) is 6.04 Å². The lowest BCUT2D eigenvalue weighted by molar-refractivity contribution is 0.175. The van der Waals surface area contributed by atoms with Gasteiger partial charge in [0.15, 0.2) is 5.76 Å². The first-order valence-electron chi connectivity index (χ1n) is 7.26. The Hall–Kier alpha value is -0.910. The Kier molecular flexibility index (Phi) is 5.36. The summed E-state index contributed by atoms with van der Waals surface area (Å²) in [5.41, 5.74) is 0.997. The second kappa shape index (κ2) is 7.03. The third-order valence-electron chi connectivity index (χ3n) is 3.71. The molecular formula is C14H26N4O. The zero-order valence-corrected chi connectivity index (χ0v) is 12.4. The lowest BCUT2D eigenvalue weighted by Crippen LogP contribution is -2.37. The molecule has 0 aliphatic carbocycles. The van der Waals surface area contributed by atoms with E-state index < -0.39 is 0 Å². The van der Waals surface area contributed by atoms with Crippen molar-refractivity contribution in [3.8, 4) is 0 Å². The lowest BCUT2D eigenvalue weighted by atomic mass is 10.2. The highest BCUT2D eigenvalue weighted by Gasteiger charge is 2.20. The van der Waals surface area contributed by atoms with Gasteiger partial charge in [-0.2, -0.15) is 0 Å². The fraction of sp³-hybridized carbons (Fsp3) is 0.786. The van der Waals surface area contributed by atoms with Crippen molar-refractivity contribution < 1.29 is 4.52 Å². The minimum Gasteiger partial charge on any atom is -0.360 e. The summed E-state index contributed by atoms with van der Waals surface area (Å²) in [6.45, 7) is 10.4. The van der Waals surface area contributed by atoms with Gasteiger partial charge in [0.1, 0.15) is 0 Å². The van der Waals surface area contributed by atoms with E-state index in [-0.39, 0.29) is 0 Å². The molecule has 0 amide bonds. The second-order valence-electron chi connectivity index (χ2n) is 5.50. The van der Waals surface area contributed by atoms with Gasteiger partial charge in [0.25, 0.3) is 0 Å². The van der Waals surface area contributed by atoms with Crippen LogP contribution in [0.1, 0.15) is 31.7 Å². The summed E-state index contributed by atoms with van der Waals surface area (Å²) >= 11 is 0. The van der Waals surface area contributed by atoms with E-state index in [0.717, 1.165) is 44.2 Å². The van der Waals surface area contributed by atoms with E-state index in [4.69, 9.17) is 4.52 Å². The molecule has 1 N–H and O–H groups in total. The Labute approximate surface area is 115 Å². The van der Waals surface area contributed by atoms with Crippen molar-refractivity contribution >= 4 is 0 Å². The normalized spacial score (nSPS) is 22.6. The molecule has 1 unspecified atom stereocenters. The number of likely N-dealkylation sites (N-methyl/N-ethyl adjacent to an activating group) is 1. The summed E-state index contributed by atoms with van der Waals surface area (Å²) < 4.78 is 5.44. The van der Waals surface area contributed by atoms with Crippen molar-refractivity contribution in [1.82, 2.24) is 20.3 Å². The summed E-state index contributed by atoms with van der Waals surface area (Å²) in [7, 11) is 2.20. The predicted molar refractivity (Wildman–Crippen MR) is 75.9 cm³/mol. The van der Waals surface area contributed by atoms with E-state index in [1.165, 1.54) is 13.0 Å².